The molecule has 2 amide bonds. The molecule has 2 N–H and O–H groups in total. The molecule has 0 unspecified atom stereocenters. The third-order valence-corrected chi connectivity index (χ3v) is 2.66. The van der Waals surface area contributed by atoms with Crippen LogP contribution in [-0.4, -0.2) is 24.3 Å². The second-order valence-corrected chi connectivity index (χ2v) is 4.08. The first-order chi connectivity index (χ1) is 9.69. The van der Waals surface area contributed by atoms with E-state index in [4.69, 9.17) is 11.2 Å². The molecule has 0 bridgehead atoms. The van der Waals surface area contributed by atoms with Crippen molar-refractivity contribution in [3.05, 3.63) is 29.8 Å². The summed E-state index contributed by atoms with van der Waals surface area (Å²) in [4.78, 5) is 22.3. The average molecular weight is 271 g/mol. The summed E-state index contributed by atoms with van der Waals surface area (Å²) in [5, 5.41) is 6.54. The Hall–Kier alpha value is -2.81. The number of hydrogen-bond donors (Lipinski definition) is 2. The fourth-order valence-electron chi connectivity index (χ4n) is 1.69. The molecule has 102 valence electrons. The van der Waals surface area contributed by atoms with Crippen LogP contribution >= 0.6 is 0 Å². The van der Waals surface area contributed by atoms with Crippen LogP contribution in [0.5, 0.6) is 0 Å². The summed E-state index contributed by atoms with van der Waals surface area (Å²) in [6, 6.07) is 7.08. The zero-order chi connectivity index (χ0) is 14.4. The number of hydrogen-bond acceptors (Lipinski definition) is 4. The number of terminal acetylenes is 1. The lowest BCUT2D eigenvalue weighted by Crippen LogP contribution is -2.25. The van der Waals surface area contributed by atoms with E-state index in [0.29, 0.717) is 18.5 Å². The molecular formula is C14H13N3O3. The van der Waals surface area contributed by atoms with Gasteiger partial charge in [-0.3, -0.25) is 10.1 Å². The first-order valence-electron chi connectivity index (χ1n) is 6.02. The quantitative estimate of drug-likeness (QED) is 0.817. The van der Waals surface area contributed by atoms with Crippen molar-refractivity contribution in [2.45, 2.75) is 12.8 Å². The van der Waals surface area contributed by atoms with Gasteiger partial charge in [0.25, 0.3) is 0 Å². The molecule has 6 heteroatoms. The minimum Gasteiger partial charge on any atom is -0.436 e. The zero-order valence-electron chi connectivity index (χ0n) is 10.7. The van der Waals surface area contributed by atoms with Crippen LogP contribution in [0.2, 0.25) is 0 Å². The van der Waals surface area contributed by atoms with E-state index in [2.05, 4.69) is 21.8 Å². The zero-order valence-corrected chi connectivity index (χ0v) is 10.7. The minimum absolute atomic E-state index is 0.0690. The van der Waals surface area contributed by atoms with E-state index in [1.807, 2.05) is 12.1 Å². The van der Waals surface area contributed by atoms with E-state index < -0.39 is 6.09 Å². The molecule has 1 heterocycles. The van der Waals surface area contributed by atoms with Crippen LogP contribution in [0.3, 0.4) is 0 Å². The molecule has 0 aromatic heterocycles. The number of nitrogens with one attached hydrogen (secondary N) is 2. The third kappa shape index (κ3) is 3.59. The maximum Gasteiger partial charge on any atom is 0.412 e. The van der Waals surface area contributed by atoms with Crippen LogP contribution in [0.25, 0.3) is 0 Å². The molecule has 1 aromatic carbocycles. The maximum atomic E-state index is 11.3. The lowest BCUT2D eigenvalue weighted by molar-refractivity contribution is -0.121. The Morgan fingerprint density at radius 2 is 2.15 bits per heavy atom. The van der Waals surface area contributed by atoms with Crippen molar-refractivity contribution in [1.29, 1.82) is 0 Å². The first-order valence-corrected chi connectivity index (χ1v) is 6.02. The topological polar surface area (TPSA) is 79.8 Å². The number of ether oxygens (including phenoxy) is 1. The second-order valence-electron chi connectivity index (χ2n) is 4.08. The number of hydrazone groups is 1. The molecule has 0 radical (unpaired) electrons. The minimum atomic E-state index is -0.599. The van der Waals surface area contributed by atoms with Gasteiger partial charge in [0.15, 0.2) is 6.61 Å². The van der Waals surface area contributed by atoms with Crippen molar-refractivity contribution in [1.82, 2.24) is 5.43 Å². The van der Waals surface area contributed by atoms with E-state index in [0.717, 1.165) is 11.3 Å². The fourth-order valence-corrected chi connectivity index (χ4v) is 1.69. The van der Waals surface area contributed by atoms with Gasteiger partial charge in [-0.2, -0.15) is 5.10 Å². The number of rotatable bonds is 3. The molecule has 6 nitrogen and oxygen atoms in total. The maximum absolute atomic E-state index is 11.3. The van der Waals surface area contributed by atoms with Crippen LogP contribution in [-0.2, 0) is 9.53 Å². The largest absolute Gasteiger partial charge is 0.436 e. The van der Waals surface area contributed by atoms with Crippen molar-refractivity contribution in [3.8, 4) is 12.3 Å². The number of anilines is 1. The molecule has 0 spiro atoms. The van der Waals surface area contributed by atoms with Gasteiger partial charge in [0.1, 0.15) is 0 Å². The average Bonchev–Trinajstić information content (AvgIpc) is 2.47. The molecule has 0 atom stereocenters. The normalized spacial score (nSPS) is 13.8. The van der Waals surface area contributed by atoms with E-state index in [9.17, 15) is 9.59 Å². The molecular weight excluding hydrogens is 258 g/mol. The molecule has 0 saturated heterocycles. The molecule has 0 saturated carbocycles. The predicted octanol–water partition coefficient (Wildman–Crippen LogP) is 1.48. The Balaban J connectivity index is 1.98. The Kier molecular flexibility index (Phi) is 4.35. The van der Waals surface area contributed by atoms with E-state index in [1.165, 1.54) is 0 Å². The van der Waals surface area contributed by atoms with Crippen molar-refractivity contribution in [2.24, 2.45) is 5.10 Å². The van der Waals surface area contributed by atoms with Gasteiger partial charge >= 0.3 is 6.09 Å². The number of nitrogens with zero attached hydrogens (tertiary/aromatic N) is 1. The summed E-state index contributed by atoms with van der Waals surface area (Å²) in [7, 11) is 0. The second kappa shape index (κ2) is 6.38. The summed E-state index contributed by atoms with van der Waals surface area (Å²) in [6.07, 6.45) is 5.41. The van der Waals surface area contributed by atoms with Gasteiger partial charge in [0.2, 0.25) is 5.91 Å². The smallest absolute Gasteiger partial charge is 0.412 e. The van der Waals surface area contributed by atoms with Crippen molar-refractivity contribution in [3.63, 3.8) is 0 Å². The number of carbonyl (C=O) groups excluding carboxylic acids is 2. The molecule has 1 aromatic rings. The monoisotopic (exact) mass is 271 g/mol. The predicted molar refractivity (Wildman–Crippen MR) is 74.2 cm³/mol. The lowest BCUT2D eigenvalue weighted by atomic mass is 10.0. The molecule has 0 fully saturated rings. The van der Waals surface area contributed by atoms with Crippen molar-refractivity contribution in [2.75, 3.05) is 11.9 Å². The highest BCUT2D eigenvalue weighted by Crippen LogP contribution is 2.14. The van der Waals surface area contributed by atoms with Crippen LogP contribution in [0.4, 0.5) is 10.5 Å². The van der Waals surface area contributed by atoms with E-state index >= 15 is 0 Å². The van der Waals surface area contributed by atoms with Crippen molar-refractivity contribution >= 4 is 23.4 Å². The standard InChI is InChI=1S/C14H13N3O3/c1-2-9-20-14(19)15-11-5-3-10(4-6-11)12-7-8-13(18)17-16-12/h1,3-6H,7-9H2,(H,15,19)(H,17,18). The molecule has 0 aliphatic carbocycles. The molecule has 1 aliphatic rings. The van der Waals surface area contributed by atoms with E-state index in [1.54, 1.807) is 12.1 Å². The summed E-state index contributed by atoms with van der Waals surface area (Å²) < 4.78 is 4.70. The lowest BCUT2D eigenvalue weighted by Gasteiger charge is -2.12. The summed E-state index contributed by atoms with van der Waals surface area (Å²) >= 11 is 0. The summed E-state index contributed by atoms with van der Waals surface area (Å²) in [6.45, 7) is -0.0690. The van der Waals surface area contributed by atoms with Gasteiger partial charge in [-0.25, -0.2) is 10.2 Å². The highest BCUT2D eigenvalue weighted by Gasteiger charge is 2.13. The van der Waals surface area contributed by atoms with Crippen LogP contribution in [0.15, 0.2) is 29.4 Å². The van der Waals surface area contributed by atoms with E-state index in [-0.39, 0.29) is 12.5 Å². The Morgan fingerprint density at radius 3 is 2.75 bits per heavy atom. The molecule has 2 rings (SSSR count). The van der Waals surface area contributed by atoms with Gasteiger partial charge in [-0.15, -0.1) is 6.42 Å². The van der Waals surface area contributed by atoms with Gasteiger partial charge in [-0.05, 0) is 17.7 Å². The number of benzene rings is 1. The van der Waals surface area contributed by atoms with Gasteiger partial charge in [-0.1, -0.05) is 18.1 Å². The SMILES string of the molecule is C#CCOC(=O)Nc1ccc(C2=NNC(=O)CC2)cc1. The summed E-state index contributed by atoms with van der Waals surface area (Å²) in [5.41, 5.74) is 4.74. The molecule has 1 aliphatic heterocycles. The third-order valence-electron chi connectivity index (χ3n) is 2.66. The number of carbonyl (C=O) groups is 2. The van der Waals surface area contributed by atoms with Crippen LogP contribution in [0, 0.1) is 12.3 Å². The Bertz CT molecular complexity index is 585. The highest BCUT2D eigenvalue weighted by molar-refractivity contribution is 6.04. The van der Waals surface area contributed by atoms with Gasteiger partial charge in [0.05, 0.1) is 5.71 Å². The summed E-state index contributed by atoms with van der Waals surface area (Å²) in [5.74, 6) is 2.13. The highest BCUT2D eigenvalue weighted by atomic mass is 16.5. The van der Waals surface area contributed by atoms with Gasteiger partial charge in [0, 0.05) is 18.5 Å². The Morgan fingerprint density at radius 1 is 1.40 bits per heavy atom. The number of amides is 2. The Labute approximate surface area is 116 Å². The van der Waals surface area contributed by atoms with Crippen molar-refractivity contribution < 1.29 is 14.3 Å². The first kappa shape index (κ1) is 13.6. The van der Waals surface area contributed by atoms with Gasteiger partial charge < -0.3 is 4.74 Å². The molecule has 20 heavy (non-hydrogen) atoms. The van der Waals surface area contributed by atoms with Crippen LogP contribution < -0.4 is 10.7 Å². The fraction of sp³-hybridized carbons (Fsp3) is 0.214. The van der Waals surface area contributed by atoms with Crippen LogP contribution in [0.1, 0.15) is 18.4 Å².